The first-order valence-corrected chi connectivity index (χ1v) is 9.69. The van der Waals surface area contributed by atoms with Crippen LogP contribution in [0.3, 0.4) is 0 Å². The van der Waals surface area contributed by atoms with E-state index in [1.165, 1.54) is 0 Å². The fourth-order valence-corrected chi connectivity index (χ4v) is 3.06. The largest absolute Gasteiger partial charge is 0.454 e. The van der Waals surface area contributed by atoms with Gasteiger partial charge in [0.15, 0.2) is 5.69 Å². The highest BCUT2D eigenvalue weighted by atomic mass is 35.5. The van der Waals surface area contributed by atoms with E-state index in [9.17, 15) is 4.79 Å². The van der Waals surface area contributed by atoms with Crippen molar-refractivity contribution in [2.45, 2.75) is 27.4 Å². The maximum absolute atomic E-state index is 12.6. The SMILES string of the molecule is Cc1ccc(-n2nnc(C(=O)OCc3nc(-c4ccc(Cl)cc4)oc3C)c2C)cc1. The molecule has 8 heteroatoms. The second-order valence-electron chi connectivity index (χ2n) is 6.88. The van der Waals surface area contributed by atoms with Crippen molar-refractivity contribution in [2.75, 3.05) is 0 Å². The fourth-order valence-electron chi connectivity index (χ4n) is 2.93. The molecule has 0 N–H and O–H groups in total. The number of oxazole rings is 1. The quantitative estimate of drug-likeness (QED) is 0.427. The molecular weight excluding hydrogens is 404 g/mol. The molecule has 0 aliphatic heterocycles. The van der Waals surface area contributed by atoms with Crippen LogP contribution in [-0.4, -0.2) is 25.9 Å². The number of hydrogen-bond acceptors (Lipinski definition) is 6. The van der Waals surface area contributed by atoms with Crippen molar-refractivity contribution >= 4 is 17.6 Å². The lowest BCUT2D eigenvalue weighted by Crippen LogP contribution is -2.09. The number of aromatic nitrogens is 4. The van der Waals surface area contributed by atoms with Gasteiger partial charge in [-0.25, -0.2) is 14.5 Å². The van der Waals surface area contributed by atoms with E-state index in [-0.39, 0.29) is 12.3 Å². The highest BCUT2D eigenvalue weighted by molar-refractivity contribution is 6.30. The maximum Gasteiger partial charge on any atom is 0.361 e. The van der Waals surface area contributed by atoms with E-state index in [4.69, 9.17) is 20.8 Å². The van der Waals surface area contributed by atoms with E-state index in [0.717, 1.165) is 16.8 Å². The Morgan fingerprint density at radius 1 is 1.07 bits per heavy atom. The Balaban J connectivity index is 1.48. The zero-order valence-corrected chi connectivity index (χ0v) is 17.5. The molecule has 30 heavy (non-hydrogen) atoms. The predicted molar refractivity (Wildman–Crippen MR) is 112 cm³/mol. The Bertz CT molecular complexity index is 1190. The normalized spacial score (nSPS) is 10.9. The summed E-state index contributed by atoms with van der Waals surface area (Å²) in [5, 5.41) is 8.70. The molecule has 4 aromatic rings. The lowest BCUT2D eigenvalue weighted by Gasteiger charge is -2.04. The minimum atomic E-state index is -0.568. The molecule has 0 saturated carbocycles. The van der Waals surface area contributed by atoms with E-state index in [1.54, 1.807) is 30.7 Å². The summed E-state index contributed by atoms with van der Waals surface area (Å²) in [4.78, 5) is 17.0. The number of halogens is 1. The van der Waals surface area contributed by atoms with Gasteiger partial charge in [-0.05, 0) is 57.2 Å². The third kappa shape index (κ3) is 3.97. The molecule has 0 amide bonds. The zero-order chi connectivity index (χ0) is 21.3. The van der Waals surface area contributed by atoms with Crippen LogP contribution in [0.2, 0.25) is 5.02 Å². The van der Waals surface area contributed by atoms with Crippen molar-refractivity contribution in [3.8, 4) is 17.1 Å². The van der Waals surface area contributed by atoms with Gasteiger partial charge in [0.1, 0.15) is 18.1 Å². The van der Waals surface area contributed by atoms with Gasteiger partial charge in [0, 0.05) is 10.6 Å². The first-order valence-electron chi connectivity index (χ1n) is 9.31. The van der Waals surface area contributed by atoms with Crippen LogP contribution in [-0.2, 0) is 11.3 Å². The average Bonchev–Trinajstić information content (AvgIpc) is 3.30. The topological polar surface area (TPSA) is 83.0 Å². The van der Waals surface area contributed by atoms with Crippen LogP contribution in [0, 0.1) is 20.8 Å². The van der Waals surface area contributed by atoms with Gasteiger partial charge in [0.05, 0.1) is 11.4 Å². The molecule has 2 aromatic heterocycles. The molecule has 0 unspecified atom stereocenters. The number of nitrogens with zero attached hydrogens (tertiary/aromatic N) is 4. The summed E-state index contributed by atoms with van der Waals surface area (Å²) in [5.41, 5.74) is 4.05. The minimum absolute atomic E-state index is 0.0292. The van der Waals surface area contributed by atoms with E-state index < -0.39 is 5.97 Å². The Hall–Kier alpha value is -3.45. The van der Waals surface area contributed by atoms with Gasteiger partial charge in [-0.3, -0.25) is 0 Å². The Morgan fingerprint density at radius 2 is 1.77 bits per heavy atom. The molecule has 0 atom stereocenters. The second kappa shape index (κ2) is 8.12. The monoisotopic (exact) mass is 422 g/mol. The number of carbonyl (C=O) groups excluding carboxylic acids is 1. The molecule has 0 aliphatic rings. The molecule has 0 fully saturated rings. The number of aryl methyl sites for hydroxylation is 2. The molecule has 0 saturated heterocycles. The van der Waals surface area contributed by atoms with E-state index in [1.807, 2.05) is 43.3 Å². The van der Waals surface area contributed by atoms with E-state index in [0.29, 0.717) is 28.1 Å². The lowest BCUT2D eigenvalue weighted by molar-refractivity contribution is 0.0459. The van der Waals surface area contributed by atoms with Crippen LogP contribution in [0.25, 0.3) is 17.1 Å². The number of rotatable bonds is 5. The zero-order valence-electron chi connectivity index (χ0n) is 16.7. The molecule has 0 spiro atoms. The van der Waals surface area contributed by atoms with Crippen molar-refractivity contribution in [3.05, 3.63) is 82.0 Å². The number of ether oxygens (including phenoxy) is 1. The van der Waals surface area contributed by atoms with Gasteiger partial charge in [-0.15, -0.1) is 5.10 Å². The van der Waals surface area contributed by atoms with E-state index >= 15 is 0 Å². The summed E-state index contributed by atoms with van der Waals surface area (Å²) >= 11 is 5.92. The summed E-state index contributed by atoms with van der Waals surface area (Å²) in [5.74, 6) is 0.450. The molecule has 7 nitrogen and oxygen atoms in total. The van der Waals surface area contributed by atoms with Crippen LogP contribution < -0.4 is 0 Å². The lowest BCUT2D eigenvalue weighted by atomic mass is 10.2. The smallest absolute Gasteiger partial charge is 0.361 e. The molecule has 0 aliphatic carbocycles. The Morgan fingerprint density at radius 3 is 2.47 bits per heavy atom. The first kappa shape index (κ1) is 19.8. The third-order valence-electron chi connectivity index (χ3n) is 4.69. The van der Waals surface area contributed by atoms with Crippen LogP contribution in [0.4, 0.5) is 0 Å². The van der Waals surface area contributed by atoms with Gasteiger partial charge < -0.3 is 9.15 Å². The summed E-state index contributed by atoms with van der Waals surface area (Å²) in [6, 6.07) is 14.9. The fraction of sp³-hybridized carbons (Fsp3) is 0.182. The third-order valence-corrected chi connectivity index (χ3v) is 4.94. The highest BCUT2D eigenvalue weighted by Gasteiger charge is 2.20. The summed E-state index contributed by atoms with van der Waals surface area (Å²) in [6.07, 6.45) is 0. The summed E-state index contributed by atoms with van der Waals surface area (Å²) in [6.45, 7) is 5.52. The predicted octanol–water partition coefficient (Wildman–Crippen LogP) is 4.86. The van der Waals surface area contributed by atoms with Crippen LogP contribution >= 0.6 is 11.6 Å². The number of carbonyl (C=O) groups is 1. The Labute approximate surface area is 178 Å². The molecule has 2 heterocycles. The Kier molecular flexibility index (Phi) is 5.37. The van der Waals surface area contributed by atoms with Crippen LogP contribution in [0.5, 0.6) is 0 Å². The standard InChI is InChI=1S/C22H19ClN4O3/c1-13-4-10-18(11-5-13)27-14(2)20(25-26-27)22(28)29-12-19-15(3)30-21(24-19)16-6-8-17(23)9-7-16/h4-11H,12H2,1-3H3. The second-order valence-corrected chi connectivity index (χ2v) is 7.31. The molecule has 2 aromatic carbocycles. The first-order chi connectivity index (χ1) is 14.4. The number of hydrogen-bond donors (Lipinski definition) is 0. The summed E-state index contributed by atoms with van der Waals surface area (Å²) < 4.78 is 12.7. The van der Waals surface area contributed by atoms with E-state index in [2.05, 4.69) is 15.3 Å². The molecule has 0 bridgehead atoms. The van der Waals surface area contributed by atoms with Gasteiger partial charge >= 0.3 is 5.97 Å². The van der Waals surface area contributed by atoms with Crippen molar-refractivity contribution in [2.24, 2.45) is 0 Å². The highest BCUT2D eigenvalue weighted by Crippen LogP contribution is 2.24. The molecular formula is C22H19ClN4O3. The van der Waals surface area contributed by atoms with Crippen molar-refractivity contribution in [1.82, 2.24) is 20.0 Å². The van der Waals surface area contributed by atoms with Gasteiger partial charge in [0.25, 0.3) is 0 Å². The number of benzene rings is 2. The van der Waals surface area contributed by atoms with Gasteiger partial charge in [-0.2, -0.15) is 0 Å². The van der Waals surface area contributed by atoms with Crippen molar-refractivity contribution in [1.29, 1.82) is 0 Å². The van der Waals surface area contributed by atoms with Gasteiger partial charge in [-0.1, -0.05) is 34.5 Å². The average molecular weight is 423 g/mol. The van der Waals surface area contributed by atoms with Gasteiger partial charge in [0.2, 0.25) is 5.89 Å². The maximum atomic E-state index is 12.6. The van der Waals surface area contributed by atoms with Crippen LogP contribution in [0.1, 0.15) is 33.2 Å². The molecule has 4 rings (SSSR count). The minimum Gasteiger partial charge on any atom is -0.454 e. The van der Waals surface area contributed by atoms with Crippen molar-refractivity contribution in [3.63, 3.8) is 0 Å². The van der Waals surface area contributed by atoms with Crippen LogP contribution in [0.15, 0.2) is 52.9 Å². The van der Waals surface area contributed by atoms with Crippen molar-refractivity contribution < 1.29 is 13.9 Å². The summed E-state index contributed by atoms with van der Waals surface area (Å²) in [7, 11) is 0. The molecule has 152 valence electrons. The number of esters is 1. The molecule has 0 radical (unpaired) electrons.